The number of aromatic nitrogens is 2. The molecule has 0 spiro atoms. The zero-order valence-corrected chi connectivity index (χ0v) is 35.7. The Morgan fingerprint density at radius 1 is 0.557 bits per heavy atom. The molecule has 4 aliphatic rings. The molecule has 0 saturated heterocycles. The van der Waals surface area contributed by atoms with Gasteiger partial charge in [0.1, 0.15) is 34.4 Å². The summed E-state index contributed by atoms with van der Waals surface area (Å²) in [7, 11) is 0. The van der Waals surface area contributed by atoms with Gasteiger partial charge in [0.2, 0.25) is 0 Å². The zero-order valence-electron chi connectivity index (χ0n) is 34.9. The van der Waals surface area contributed by atoms with Crippen LogP contribution in [0, 0.1) is 0 Å². The van der Waals surface area contributed by atoms with E-state index >= 15 is 0 Å². The first-order valence-corrected chi connectivity index (χ1v) is 21.6. The molecule has 300 valence electrons. The molecule has 4 aliphatic heterocycles. The first-order chi connectivity index (χ1) is 29.4. The Kier molecular flexibility index (Phi) is 7.58. The van der Waals surface area contributed by atoms with Gasteiger partial charge in [0.25, 0.3) is 0 Å². The number of hydrogen-bond acceptors (Lipinski definition) is 8. The molecule has 0 N–H and O–H groups in total. The first-order valence-electron chi connectivity index (χ1n) is 20.8. The Bertz CT molecular complexity index is 3120. The number of ether oxygens (including phenoxy) is 3. The lowest BCUT2D eigenvalue weighted by molar-refractivity contribution is 0.443. The number of fused-ring (bicyclic) bond motifs is 3. The highest BCUT2D eigenvalue weighted by molar-refractivity contribution is 7.99. The number of rotatable bonds is 5. The molecule has 8 aromatic rings. The second-order valence-corrected chi connectivity index (χ2v) is 19.4. The van der Waals surface area contributed by atoms with Crippen molar-refractivity contribution in [1.82, 2.24) is 9.55 Å². The average molecular weight is 818 g/mol. The van der Waals surface area contributed by atoms with Gasteiger partial charge in [-0.05, 0) is 88.7 Å². The summed E-state index contributed by atoms with van der Waals surface area (Å²) in [4.78, 5) is 14.0. The van der Waals surface area contributed by atoms with Gasteiger partial charge in [0.05, 0.1) is 17.7 Å². The first kappa shape index (κ1) is 36.0. The number of nitrogens with zero attached hydrogens (tertiary/aromatic N) is 5. The third-order valence-corrected chi connectivity index (χ3v) is 13.3. The molecule has 6 aromatic carbocycles. The summed E-state index contributed by atoms with van der Waals surface area (Å²) in [5.74, 6) is 5.67. The molecule has 0 fully saturated rings. The SMILES string of the molecule is CC(C)(C)c1cc(Oc2ccc3c4ccccc4n(-c4cc(C(C)(C)C)ccn4)c3c2)cc(N2C=CN(c3cc4c5c(c3)Oc3cccc6c3N5c3c(cccc3S6)O4)C2)c1. The molecule has 0 radical (unpaired) electrons. The molecule has 6 heterocycles. The van der Waals surface area contributed by atoms with E-state index in [1.54, 1.807) is 11.8 Å². The van der Waals surface area contributed by atoms with Crippen molar-refractivity contribution in [2.75, 3.05) is 21.4 Å². The van der Waals surface area contributed by atoms with Gasteiger partial charge >= 0.3 is 0 Å². The number of pyridine rings is 1. The monoisotopic (exact) mass is 817 g/mol. The minimum Gasteiger partial charge on any atom is -0.457 e. The van der Waals surface area contributed by atoms with Gasteiger partial charge in [0.15, 0.2) is 23.0 Å². The molecular formula is C52H43N5O3S. The Balaban J connectivity index is 0.883. The van der Waals surface area contributed by atoms with Crippen LogP contribution in [-0.2, 0) is 10.8 Å². The molecule has 0 saturated carbocycles. The van der Waals surface area contributed by atoms with E-state index in [2.05, 4.69) is 195 Å². The van der Waals surface area contributed by atoms with Gasteiger partial charge in [-0.2, -0.15) is 0 Å². The van der Waals surface area contributed by atoms with E-state index < -0.39 is 0 Å². The van der Waals surface area contributed by atoms with Crippen LogP contribution in [0.1, 0.15) is 52.7 Å². The van der Waals surface area contributed by atoms with Crippen molar-refractivity contribution >= 4 is 62.0 Å². The average Bonchev–Trinajstić information content (AvgIpc) is 3.87. The molecule has 61 heavy (non-hydrogen) atoms. The van der Waals surface area contributed by atoms with Crippen molar-refractivity contribution in [3.8, 4) is 40.3 Å². The van der Waals surface area contributed by atoms with E-state index in [-0.39, 0.29) is 10.8 Å². The van der Waals surface area contributed by atoms with E-state index in [1.807, 2.05) is 6.20 Å². The Morgan fingerprint density at radius 3 is 1.90 bits per heavy atom. The van der Waals surface area contributed by atoms with Crippen LogP contribution in [0.4, 0.5) is 28.4 Å². The van der Waals surface area contributed by atoms with Crippen LogP contribution < -0.4 is 28.9 Å². The third kappa shape index (κ3) is 5.71. The van der Waals surface area contributed by atoms with Crippen LogP contribution in [0.2, 0.25) is 0 Å². The number of benzene rings is 6. The van der Waals surface area contributed by atoms with Crippen molar-refractivity contribution in [2.45, 2.75) is 62.2 Å². The molecular weight excluding hydrogens is 775 g/mol. The fourth-order valence-corrected chi connectivity index (χ4v) is 10.1. The predicted octanol–water partition coefficient (Wildman–Crippen LogP) is 14.5. The summed E-state index contributed by atoms with van der Waals surface area (Å²) < 4.78 is 22.4. The van der Waals surface area contributed by atoms with Crippen LogP contribution in [0.5, 0.6) is 34.5 Å². The van der Waals surface area contributed by atoms with Crippen LogP contribution in [0.25, 0.3) is 27.6 Å². The van der Waals surface area contributed by atoms with Crippen molar-refractivity contribution < 1.29 is 14.2 Å². The summed E-state index contributed by atoms with van der Waals surface area (Å²) in [5, 5.41) is 2.33. The lowest BCUT2D eigenvalue weighted by Crippen LogP contribution is -2.26. The maximum atomic E-state index is 6.84. The molecule has 8 nitrogen and oxygen atoms in total. The highest BCUT2D eigenvalue weighted by atomic mass is 32.2. The molecule has 0 aliphatic carbocycles. The summed E-state index contributed by atoms with van der Waals surface area (Å²) in [6.45, 7) is 14.0. The van der Waals surface area contributed by atoms with Crippen molar-refractivity contribution in [3.05, 3.63) is 151 Å². The smallest absolute Gasteiger partial charge is 0.157 e. The van der Waals surface area contributed by atoms with Crippen LogP contribution in [0.15, 0.2) is 150 Å². The predicted molar refractivity (Wildman–Crippen MR) is 247 cm³/mol. The van der Waals surface area contributed by atoms with E-state index in [0.717, 1.165) is 85.2 Å². The van der Waals surface area contributed by atoms with Gasteiger partial charge in [-0.1, -0.05) is 83.6 Å². The van der Waals surface area contributed by atoms with Gasteiger partial charge in [0, 0.05) is 74.8 Å². The quantitative estimate of drug-likeness (QED) is 0.170. The van der Waals surface area contributed by atoms with Crippen LogP contribution in [0.3, 0.4) is 0 Å². The standard InChI is InChI=1S/C52H43N5O3S/c1-51(2,3)31-19-20-53-47(25-31)56-39-12-8-7-11-37(39)38-18-17-35(29-40(38)56)58-36-24-32(52(4,5)6)23-33(26-36)54-21-22-55(30-54)34-27-43-48-44(28-34)60-42-14-10-16-46-50(42)57(48)49-41(59-43)13-9-15-45(49)61-46/h7-29H,30H2,1-6H3. The van der Waals surface area contributed by atoms with Gasteiger partial charge in [-0.15, -0.1) is 0 Å². The third-order valence-electron chi connectivity index (χ3n) is 12.2. The minimum atomic E-state index is -0.119. The largest absolute Gasteiger partial charge is 0.457 e. The lowest BCUT2D eigenvalue weighted by Gasteiger charge is -2.42. The molecule has 12 rings (SSSR count). The van der Waals surface area contributed by atoms with Crippen LogP contribution in [-0.4, -0.2) is 16.2 Å². The van der Waals surface area contributed by atoms with Crippen molar-refractivity contribution in [1.29, 1.82) is 0 Å². The van der Waals surface area contributed by atoms with Crippen molar-refractivity contribution in [2.24, 2.45) is 0 Å². The molecule has 0 atom stereocenters. The molecule has 9 heteroatoms. The molecule has 0 unspecified atom stereocenters. The zero-order chi connectivity index (χ0) is 41.4. The van der Waals surface area contributed by atoms with Crippen LogP contribution >= 0.6 is 11.8 Å². The molecule has 0 amide bonds. The second kappa shape index (κ2) is 12.8. The topological polar surface area (TPSA) is 55.2 Å². The summed E-state index contributed by atoms with van der Waals surface area (Å²) in [6, 6.07) is 42.7. The lowest BCUT2D eigenvalue weighted by atomic mass is 9.86. The van der Waals surface area contributed by atoms with Gasteiger partial charge < -0.3 is 24.0 Å². The Labute approximate surface area is 359 Å². The van der Waals surface area contributed by atoms with Gasteiger partial charge in [-0.25, -0.2) is 4.98 Å². The Hall–Kier alpha value is -6.84. The summed E-state index contributed by atoms with van der Waals surface area (Å²) in [6.07, 6.45) is 6.17. The van der Waals surface area contributed by atoms with E-state index in [1.165, 1.54) is 26.3 Å². The molecule has 0 bridgehead atoms. The Morgan fingerprint density at radius 2 is 1.21 bits per heavy atom. The molecule has 2 aromatic heterocycles. The minimum absolute atomic E-state index is 0.0105. The summed E-state index contributed by atoms with van der Waals surface area (Å²) in [5.41, 5.74) is 9.56. The highest BCUT2D eigenvalue weighted by Gasteiger charge is 2.41. The second-order valence-electron chi connectivity index (χ2n) is 18.3. The number of hydrogen-bond donors (Lipinski definition) is 0. The van der Waals surface area contributed by atoms with E-state index in [0.29, 0.717) is 6.67 Å². The van der Waals surface area contributed by atoms with Crippen molar-refractivity contribution in [3.63, 3.8) is 0 Å². The number of anilines is 5. The summed E-state index contributed by atoms with van der Waals surface area (Å²) >= 11 is 1.76. The highest BCUT2D eigenvalue weighted by Crippen LogP contribution is 2.67. The fourth-order valence-electron chi connectivity index (χ4n) is 8.98. The normalized spacial score (nSPS) is 14.7. The van der Waals surface area contributed by atoms with Gasteiger partial charge in [-0.3, -0.25) is 9.47 Å². The maximum Gasteiger partial charge on any atom is 0.157 e. The maximum absolute atomic E-state index is 6.84. The fraction of sp³-hybridized carbons (Fsp3) is 0.173. The number of para-hydroxylation sites is 3. The van der Waals surface area contributed by atoms with E-state index in [9.17, 15) is 0 Å². The van der Waals surface area contributed by atoms with E-state index in [4.69, 9.17) is 19.2 Å².